The molecule has 0 atom stereocenters. The number of rotatable bonds is 7. The normalized spacial score (nSPS) is 11.1. The van der Waals surface area contributed by atoms with Gasteiger partial charge in [-0.25, -0.2) is 4.98 Å². The topological polar surface area (TPSA) is 98.5 Å². The third-order valence-electron chi connectivity index (χ3n) is 5.16. The van der Waals surface area contributed by atoms with Crippen LogP contribution in [0.3, 0.4) is 0 Å². The molecule has 8 nitrogen and oxygen atoms in total. The molecule has 0 saturated heterocycles. The quantitative estimate of drug-likeness (QED) is 0.320. The smallest absolute Gasteiger partial charge is 0.236 e. The summed E-state index contributed by atoms with van der Waals surface area (Å²) < 4.78 is 2.03. The van der Waals surface area contributed by atoms with Crippen LogP contribution in [0.15, 0.2) is 65.8 Å². The van der Waals surface area contributed by atoms with Gasteiger partial charge in [-0.05, 0) is 26.0 Å². The van der Waals surface area contributed by atoms with Gasteiger partial charge in [0, 0.05) is 23.1 Å². The molecule has 1 N–H and O–H groups in total. The molecule has 10 heteroatoms. The zero-order valence-corrected chi connectivity index (χ0v) is 20.2. The molecule has 0 bridgehead atoms. The molecule has 34 heavy (non-hydrogen) atoms. The van der Waals surface area contributed by atoms with Crippen molar-refractivity contribution in [3.8, 4) is 22.6 Å². The molecule has 3 heterocycles. The predicted octanol–water partition coefficient (Wildman–Crippen LogP) is 5.07. The van der Waals surface area contributed by atoms with Crippen LogP contribution in [0.1, 0.15) is 11.9 Å². The third kappa shape index (κ3) is 4.55. The zero-order valence-electron chi connectivity index (χ0n) is 18.6. The lowest BCUT2D eigenvalue weighted by molar-refractivity contribution is -0.113. The van der Waals surface area contributed by atoms with Gasteiger partial charge in [-0.1, -0.05) is 71.6 Å². The summed E-state index contributed by atoms with van der Waals surface area (Å²) in [6.45, 7) is 4.56. The summed E-state index contributed by atoms with van der Waals surface area (Å²) in [5.41, 5.74) is 3.76. The van der Waals surface area contributed by atoms with Crippen molar-refractivity contribution in [2.24, 2.45) is 0 Å². The number of benzene rings is 2. The van der Waals surface area contributed by atoms with E-state index in [9.17, 15) is 4.79 Å². The Bertz CT molecular complexity index is 1460. The number of carbonyl (C=O) groups excluding carboxylic acids is 1. The average molecular weight is 488 g/mol. The summed E-state index contributed by atoms with van der Waals surface area (Å²) in [5, 5.41) is 22.6. The maximum Gasteiger partial charge on any atom is 0.236 e. The van der Waals surface area contributed by atoms with Crippen molar-refractivity contribution in [1.82, 2.24) is 29.9 Å². The molecular formula is C24H21N7OS2. The van der Waals surface area contributed by atoms with E-state index in [-0.39, 0.29) is 11.7 Å². The molecule has 3 aromatic heterocycles. The van der Waals surface area contributed by atoms with Crippen molar-refractivity contribution in [3.63, 3.8) is 0 Å². The summed E-state index contributed by atoms with van der Waals surface area (Å²) >= 11 is 2.69. The fourth-order valence-electron chi connectivity index (χ4n) is 3.63. The second kappa shape index (κ2) is 9.70. The van der Waals surface area contributed by atoms with Crippen LogP contribution in [0.25, 0.3) is 33.5 Å². The molecule has 5 rings (SSSR count). The zero-order chi connectivity index (χ0) is 23.5. The number of fused-ring (bicyclic) bond motifs is 1. The molecule has 0 fully saturated rings. The van der Waals surface area contributed by atoms with E-state index in [0.717, 1.165) is 38.6 Å². The van der Waals surface area contributed by atoms with E-state index in [1.165, 1.54) is 23.1 Å². The second-order valence-electron chi connectivity index (χ2n) is 7.45. The Morgan fingerprint density at radius 2 is 1.82 bits per heavy atom. The SMILES string of the molecule is CCn1c(SCC(=O)Nc2nnc(C)s2)nnc1-c1cc(-c2ccccc2)nc2ccccc12. The Kier molecular flexibility index (Phi) is 6.33. The van der Waals surface area contributed by atoms with Crippen molar-refractivity contribution in [1.29, 1.82) is 0 Å². The monoisotopic (exact) mass is 487 g/mol. The van der Waals surface area contributed by atoms with Gasteiger partial charge in [0.2, 0.25) is 11.0 Å². The number of pyridine rings is 1. The molecule has 0 aliphatic carbocycles. The highest BCUT2D eigenvalue weighted by Gasteiger charge is 2.18. The van der Waals surface area contributed by atoms with Crippen LogP contribution in [-0.4, -0.2) is 41.6 Å². The first-order chi connectivity index (χ1) is 16.6. The minimum atomic E-state index is -0.158. The number of hydrogen-bond donors (Lipinski definition) is 1. The Morgan fingerprint density at radius 3 is 2.59 bits per heavy atom. The van der Waals surface area contributed by atoms with Crippen molar-refractivity contribution in [3.05, 3.63) is 65.7 Å². The summed E-state index contributed by atoms with van der Waals surface area (Å²) in [5.74, 6) is 0.790. The Labute approximate surface area is 204 Å². The molecular weight excluding hydrogens is 466 g/mol. The average Bonchev–Trinajstić information content (AvgIpc) is 3.47. The van der Waals surface area contributed by atoms with Crippen molar-refractivity contribution < 1.29 is 4.79 Å². The minimum absolute atomic E-state index is 0.158. The molecule has 1 amide bonds. The van der Waals surface area contributed by atoms with Crippen molar-refractivity contribution >= 4 is 45.0 Å². The molecule has 0 aliphatic rings. The highest BCUT2D eigenvalue weighted by atomic mass is 32.2. The van der Waals surface area contributed by atoms with Crippen LogP contribution in [0, 0.1) is 6.92 Å². The van der Waals surface area contributed by atoms with Gasteiger partial charge in [-0.3, -0.25) is 10.1 Å². The minimum Gasteiger partial charge on any atom is -0.302 e. The van der Waals surface area contributed by atoms with Gasteiger partial charge < -0.3 is 4.57 Å². The van der Waals surface area contributed by atoms with Crippen LogP contribution < -0.4 is 5.32 Å². The van der Waals surface area contributed by atoms with E-state index in [2.05, 4.69) is 31.8 Å². The van der Waals surface area contributed by atoms with Crippen LogP contribution in [0.2, 0.25) is 0 Å². The first-order valence-corrected chi connectivity index (χ1v) is 12.5. The number of thioether (sulfide) groups is 1. The molecule has 0 saturated carbocycles. The largest absolute Gasteiger partial charge is 0.302 e. The van der Waals surface area contributed by atoms with Crippen LogP contribution in [0.4, 0.5) is 5.13 Å². The number of nitrogens with zero attached hydrogens (tertiary/aromatic N) is 6. The van der Waals surface area contributed by atoms with E-state index in [1.54, 1.807) is 0 Å². The van der Waals surface area contributed by atoms with Crippen LogP contribution >= 0.6 is 23.1 Å². The number of anilines is 1. The Balaban J connectivity index is 1.47. The Morgan fingerprint density at radius 1 is 1.03 bits per heavy atom. The first-order valence-electron chi connectivity index (χ1n) is 10.7. The van der Waals surface area contributed by atoms with Crippen molar-refractivity contribution in [2.75, 3.05) is 11.1 Å². The number of aryl methyl sites for hydroxylation is 1. The number of para-hydroxylation sites is 1. The summed E-state index contributed by atoms with van der Waals surface area (Å²) in [7, 11) is 0. The highest BCUT2D eigenvalue weighted by molar-refractivity contribution is 7.99. The van der Waals surface area contributed by atoms with Crippen molar-refractivity contribution in [2.45, 2.75) is 25.5 Å². The molecule has 5 aromatic rings. The van der Waals surface area contributed by atoms with E-state index in [0.29, 0.717) is 16.8 Å². The number of carbonyl (C=O) groups is 1. The van der Waals surface area contributed by atoms with Gasteiger partial charge >= 0.3 is 0 Å². The molecule has 0 unspecified atom stereocenters. The molecule has 0 spiro atoms. The highest BCUT2D eigenvalue weighted by Crippen LogP contribution is 2.33. The van der Waals surface area contributed by atoms with E-state index < -0.39 is 0 Å². The standard InChI is InChI=1S/C24H21N7OS2/c1-3-31-22(28-30-24(31)33-14-21(32)26-23-29-27-15(2)34-23)18-13-20(16-9-5-4-6-10-16)25-19-12-8-7-11-17(18)19/h4-13H,3,14H2,1-2H3,(H,26,29,32). The second-order valence-corrected chi connectivity index (χ2v) is 9.58. The number of aromatic nitrogens is 6. The summed E-state index contributed by atoms with van der Waals surface area (Å²) in [6, 6.07) is 20.2. The van der Waals surface area contributed by atoms with E-state index >= 15 is 0 Å². The summed E-state index contributed by atoms with van der Waals surface area (Å²) in [6.07, 6.45) is 0. The van der Waals surface area contributed by atoms with Gasteiger partial charge in [-0.2, -0.15) is 0 Å². The Hall–Kier alpha value is -3.63. The van der Waals surface area contributed by atoms with Gasteiger partial charge in [0.15, 0.2) is 11.0 Å². The fraction of sp³-hybridized carbons (Fsp3) is 0.167. The number of nitrogens with one attached hydrogen (secondary N) is 1. The maximum absolute atomic E-state index is 12.4. The summed E-state index contributed by atoms with van der Waals surface area (Å²) in [4.78, 5) is 17.3. The maximum atomic E-state index is 12.4. The third-order valence-corrected chi connectivity index (χ3v) is 6.89. The lowest BCUT2D eigenvalue weighted by atomic mass is 10.0. The predicted molar refractivity (Wildman–Crippen MR) is 136 cm³/mol. The first kappa shape index (κ1) is 22.2. The van der Waals surface area contributed by atoms with Gasteiger partial charge in [0.1, 0.15) is 5.01 Å². The molecule has 170 valence electrons. The number of hydrogen-bond acceptors (Lipinski definition) is 8. The van der Waals surface area contributed by atoms with E-state index in [1.807, 2.05) is 73.0 Å². The number of amides is 1. The van der Waals surface area contributed by atoms with Crippen LogP contribution in [-0.2, 0) is 11.3 Å². The molecule has 2 aromatic carbocycles. The lowest BCUT2D eigenvalue weighted by Crippen LogP contribution is -2.14. The molecule has 0 aliphatic heterocycles. The van der Waals surface area contributed by atoms with Gasteiger partial charge in [0.05, 0.1) is 17.0 Å². The van der Waals surface area contributed by atoms with Gasteiger partial charge in [-0.15, -0.1) is 20.4 Å². The lowest BCUT2D eigenvalue weighted by Gasteiger charge is -2.11. The molecule has 0 radical (unpaired) electrons. The van der Waals surface area contributed by atoms with Gasteiger partial charge in [0.25, 0.3) is 0 Å². The van der Waals surface area contributed by atoms with E-state index in [4.69, 9.17) is 4.98 Å². The fourth-order valence-corrected chi connectivity index (χ4v) is 5.04. The van der Waals surface area contributed by atoms with Crippen LogP contribution in [0.5, 0.6) is 0 Å².